The molecule has 0 radical (unpaired) electrons. The van der Waals surface area contributed by atoms with E-state index in [1.54, 1.807) is 18.2 Å². The van der Waals surface area contributed by atoms with Gasteiger partial charge in [-0.3, -0.25) is 9.59 Å². The van der Waals surface area contributed by atoms with Gasteiger partial charge >= 0.3 is 0 Å². The fraction of sp³-hybridized carbons (Fsp3) is 0.423. The van der Waals surface area contributed by atoms with Crippen molar-refractivity contribution in [1.29, 1.82) is 0 Å². The van der Waals surface area contributed by atoms with Crippen LogP contribution in [0.2, 0.25) is 4.34 Å². The van der Waals surface area contributed by atoms with Crippen molar-refractivity contribution in [3.8, 4) is 16.4 Å². The molecule has 2 atom stereocenters. The van der Waals surface area contributed by atoms with Crippen molar-refractivity contribution in [2.24, 2.45) is 0 Å². The summed E-state index contributed by atoms with van der Waals surface area (Å²) in [6, 6.07) is 5.50. The number of halogens is 2. The predicted molar refractivity (Wildman–Crippen MR) is 149 cm³/mol. The number of β-amino-alcohol motifs (C(OH)–C–C–N with tert-alkyl or cyclic N) is 1. The quantitative estimate of drug-likeness (QED) is 0.369. The van der Waals surface area contributed by atoms with E-state index >= 15 is 0 Å². The summed E-state index contributed by atoms with van der Waals surface area (Å²) in [5.41, 5.74) is 0.287. The minimum atomic E-state index is -4.59. The van der Waals surface area contributed by atoms with Crippen LogP contribution >= 0.6 is 22.9 Å². The van der Waals surface area contributed by atoms with Gasteiger partial charge in [-0.1, -0.05) is 16.8 Å². The molecule has 15 heteroatoms. The second-order valence-corrected chi connectivity index (χ2v) is 13.2. The molecule has 220 valence electrons. The van der Waals surface area contributed by atoms with Gasteiger partial charge in [-0.25, -0.2) is 12.8 Å². The van der Waals surface area contributed by atoms with Crippen molar-refractivity contribution in [3.63, 3.8) is 0 Å². The Bertz CT molecular complexity index is 1560. The number of carbonyl (C=O) groups is 2. The Morgan fingerprint density at radius 1 is 1.32 bits per heavy atom. The summed E-state index contributed by atoms with van der Waals surface area (Å²) in [5.74, 6) is -1.57. The molecule has 2 aromatic heterocycles. The fourth-order valence-electron chi connectivity index (χ4n) is 4.99. The second-order valence-electron chi connectivity index (χ2n) is 9.85. The monoisotopic (exact) mass is 626 g/mol. The SMILES string of the molecule is COc1c(N2CCCCC2=O)cc(F)cc1S(=O)(=O)NC(Cc1cc(-c2ccc(Cl)s2)on1)C(=O)N1CC[C@@H](O)C1. The standard InChI is InChI=1S/C26H28ClFN4O7S2/c1-38-25-19(32-8-3-2-4-24(32)34)10-15(28)11-22(25)41(36,37)30-18(26(35)31-9-7-17(33)14-31)12-16-13-20(39-29-16)21-5-6-23(27)40-21/h5-6,10-11,13,17-18,30,33H,2-4,7-9,12,14H2,1H3/t17-,18?/m1/s1. The van der Waals surface area contributed by atoms with Gasteiger partial charge in [0, 0.05) is 44.6 Å². The average molecular weight is 627 g/mol. The first kappa shape index (κ1) is 29.5. The summed E-state index contributed by atoms with van der Waals surface area (Å²) in [6.07, 6.45) is 1.02. The van der Waals surface area contributed by atoms with E-state index in [2.05, 4.69) is 9.88 Å². The van der Waals surface area contributed by atoms with Gasteiger partial charge in [0.2, 0.25) is 21.8 Å². The summed E-state index contributed by atoms with van der Waals surface area (Å²) in [7, 11) is -3.36. The van der Waals surface area contributed by atoms with Crippen LogP contribution in [-0.4, -0.2) is 74.3 Å². The number of amides is 2. The molecule has 0 aliphatic carbocycles. The van der Waals surface area contributed by atoms with Crippen molar-refractivity contribution in [3.05, 3.63) is 46.2 Å². The molecule has 0 saturated carbocycles. The maximum atomic E-state index is 14.8. The molecule has 5 rings (SSSR count). The molecule has 2 aliphatic rings. The van der Waals surface area contributed by atoms with Crippen LogP contribution in [0.4, 0.5) is 10.1 Å². The molecule has 11 nitrogen and oxygen atoms in total. The first-order chi connectivity index (χ1) is 19.6. The molecule has 4 heterocycles. The van der Waals surface area contributed by atoms with E-state index in [0.29, 0.717) is 34.2 Å². The zero-order valence-corrected chi connectivity index (χ0v) is 24.4. The minimum Gasteiger partial charge on any atom is -0.493 e. The number of rotatable bonds is 9. The van der Waals surface area contributed by atoms with E-state index < -0.39 is 38.8 Å². The molecular weight excluding hydrogens is 599 g/mol. The van der Waals surface area contributed by atoms with Crippen LogP contribution in [0.1, 0.15) is 31.4 Å². The largest absolute Gasteiger partial charge is 0.493 e. The summed E-state index contributed by atoms with van der Waals surface area (Å²) in [6.45, 7) is 0.563. The third kappa shape index (κ3) is 6.41. The van der Waals surface area contributed by atoms with E-state index in [0.717, 1.165) is 12.1 Å². The van der Waals surface area contributed by atoms with Crippen molar-refractivity contribution in [1.82, 2.24) is 14.8 Å². The van der Waals surface area contributed by atoms with Gasteiger partial charge in [0.1, 0.15) is 16.8 Å². The molecule has 3 aromatic rings. The number of nitrogens with zero attached hydrogens (tertiary/aromatic N) is 3. The van der Waals surface area contributed by atoms with Crippen molar-refractivity contribution >= 4 is 50.5 Å². The zero-order valence-electron chi connectivity index (χ0n) is 22.0. The third-order valence-corrected chi connectivity index (χ3v) is 9.69. The van der Waals surface area contributed by atoms with E-state index in [9.17, 15) is 27.5 Å². The predicted octanol–water partition coefficient (Wildman–Crippen LogP) is 3.20. The fourth-order valence-corrected chi connectivity index (χ4v) is 7.37. The Morgan fingerprint density at radius 3 is 2.78 bits per heavy atom. The molecule has 0 bridgehead atoms. The summed E-state index contributed by atoms with van der Waals surface area (Å²) < 4.78 is 56.1. The van der Waals surface area contributed by atoms with Crippen LogP contribution in [0, 0.1) is 5.82 Å². The van der Waals surface area contributed by atoms with Crippen molar-refractivity contribution in [2.75, 3.05) is 31.6 Å². The van der Waals surface area contributed by atoms with Gasteiger partial charge in [-0.2, -0.15) is 4.72 Å². The lowest BCUT2D eigenvalue weighted by Crippen LogP contribution is -2.49. The number of piperidine rings is 1. The Labute approximate surface area is 244 Å². The molecule has 2 fully saturated rings. The number of benzene rings is 1. The minimum absolute atomic E-state index is 0.00105. The number of aliphatic hydroxyl groups is 1. The highest BCUT2D eigenvalue weighted by Gasteiger charge is 2.36. The molecule has 2 N–H and O–H groups in total. The Kier molecular flexibility index (Phi) is 8.66. The van der Waals surface area contributed by atoms with Crippen LogP contribution in [0.3, 0.4) is 0 Å². The molecule has 0 spiro atoms. The molecular formula is C26H28ClFN4O7S2. The Morgan fingerprint density at radius 2 is 2.12 bits per heavy atom. The second kappa shape index (κ2) is 12.1. The maximum Gasteiger partial charge on any atom is 0.245 e. The summed E-state index contributed by atoms with van der Waals surface area (Å²) >= 11 is 7.28. The van der Waals surface area contributed by atoms with Crippen LogP contribution in [0.5, 0.6) is 5.75 Å². The van der Waals surface area contributed by atoms with Gasteiger partial charge in [0.05, 0.1) is 33.8 Å². The summed E-state index contributed by atoms with van der Waals surface area (Å²) in [5, 5.41) is 14.0. The number of hydrogen-bond donors (Lipinski definition) is 2. The first-order valence-electron chi connectivity index (χ1n) is 12.9. The van der Waals surface area contributed by atoms with Gasteiger partial charge in [-0.05, 0) is 37.5 Å². The molecule has 1 aromatic carbocycles. The maximum absolute atomic E-state index is 14.8. The molecule has 2 aliphatic heterocycles. The molecule has 1 unspecified atom stereocenters. The number of nitrogens with one attached hydrogen (secondary N) is 1. The number of hydrogen-bond acceptors (Lipinski definition) is 9. The number of sulfonamides is 1. The van der Waals surface area contributed by atoms with E-state index in [1.807, 2.05) is 0 Å². The highest BCUT2D eigenvalue weighted by atomic mass is 35.5. The number of aromatic nitrogens is 1. The van der Waals surface area contributed by atoms with Crippen LogP contribution < -0.4 is 14.4 Å². The first-order valence-corrected chi connectivity index (χ1v) is 15.6. The van der Waals surface area contributed by atoms with Crippen LogP contribution in [0.15, 0.2) is 39.8 Å². The van der Waals surface area contributed by atoms with E-state index in [4.69, 9.17) is 20.9 Å². The van der Waals surface area contributed by atoms with Crippen molar-refractivity contribution in [2.45, 2.75) is 49.1 Å². The van der Waals surface area contributed by atoms with E-state index in [1.165, 1.54) is 28.2 Å². The summed E-state index contributed by atoms with van der Waals surface area (Å²) in [4.78, 5) is 28.9. The normalized spacial score (nSPS) is 18.6. The van der Waals surface area contributed by atoms with Gasteiger partial charge in [0.15, 0.2) is 11.5 Å². The Balaban J connectivity index is 1.48. The van der Waals surface area contributed by atoms with Gasteiger partial charge in [0.25, 0.3) is 0 Å². The van der Waals surface area contributed by atoms with Crippen molar-refractivity contribution < 1.29 is 36.8 Å². The van der Waals surface area contributed by atoms with Crippen LogP contribution in [-0.2, 0) is 26.0 Å². The molecule has 2 amide bonds. The smallest absolute Gasteiger partial charge is 0.245 e. The molecule has 41 heavy (non-hydrogen) atoms. The van der Waals surface area contributed by atoms with Gasteiger partial charge in [-0.15, -0.1) is 11.3 Å². The Hall–Kier alpha value is -3.04. The number of methoxy groups -OCH3 is 1. The number of ether oxygens (including phenoxy) is 1. The van der Waals surface area contributed by atoms with Crippen LogP contribution in [0.25, 0.3) is 10.6 Å². The van der Waals surface area contributed by atoms with Gasteiger partial charge < -0.3 is 24.2 Å². The number of likely N-dealkylation sites (tertiary alicyclic amines) is 1. The molecule has 2 saturated heterocycles. The topological polar surface area (TPSA) is 142 Å². The van der Waals surface area contributed by atoms with E-state index in [-0.39, 0.29) is 55.5 Å². The number of aliphatic hydroxyl groups excluding tert-OH is 1. The lowest BCUT2D eigenvalue weighted by molar-refractivity contribution is -0.132. The zero-order chi connectivity index (χ0) is 29.3. The average Bonchev–Trinajstić information content (AvgIpc) is 3.69. The number of anilines is 1. The lowest BCUT2D eigenvalue weighted by atomic mass is 10.1. The number of thiophene rings is 1. The number of carbonyl (C=O) groups excluding carboxylic acids is 2. The highest BCUT2D eigenvalue weighted by Crippen LogP contribution is 2.38. The lowest BCUT2D eigenvalue weighted by Gasteiger charge is -2.29. The highest BCUT2D eigenvalue weighted by molar-refractivity contribution is 7.89. The third-order valence-electron chi connectivity index (χ3n) is 6.97.